The van der Waals surface area contributed by atoms with E-state index in [1.807, 2.05) is 6.92 Å². The van der Waals surface area contributed by atoms with Crippen LogP contribution in [-0.2, 0) is 33.4 Å². The van der Waals surface area contributed by atoms with Crippen LogP contribution in [0.5, 0.6) is 0 Å². The number of hydrogen-bond acceptors (Lipinski definition) is 7. The highest BCUT2D eigenvalue weighted by atomic mass is 16.6. The normalized spacial score (nSPS) is 9.80. The van der Waals surface area contributed by atoms with Gasteiger partial charge in [-0.25, -0.2) is 4.79 Å². The maximum atomic E-state index is 11.4. The van der Waals surface area contributed by atoms with Gasteiger partial charge in [-0.3, -0.25) is 14.4 Å². The number of carbonyl (C=O) groups is 4. The van der Waals surface area contributed by atoms with Crippen LogP contribution in [-0.4, -0.2) is 50.2 Å². The molecule has 0 spiro atoms. The summed E-state index contributed by atoms with van der Waals surface area (Å²) in [6.07, 6.45) is 3.70. The number of amides is 1. The average molecular weight is 357 g/mol. The van der Waals surface area contributed by atoms with Crippen LogP contribution >= 0.6 is 0 Å². The van der Waals surface area contributed by atoms with E-state index in [9.17, 15) is 19.2 Å². The van der Waals surface area contributed by atoms with E-state index in [0.29, 0.717) is 25.8 Å². The van der Waals surface area contributed by atoms with Crippen molar-refractivity contribution in [2.45, 2.75) is 45.4 Å². The first-order valence-electron chi connectivity index (χ1n) is 8.36. The molecule has 0 unspecified atom stereocenters. The standard InChI is InChI=1S/C17H27NO7/c1-3-9-18-14(19)13-17(22)23-10-7-5-6-8-16(21)25-12-11-24-15(20)4-2/h4H,2-3,5-13H2,1H3,(H,18,19). The molecule has 8 heteroatoms. The Bertz CT molecular complexity index is 448. The minimum Gasteiger partial charge on any atom is -0.465 e. The molecule has 25 heavy (non-hydrogen) atoms. The van der Waals surface area contributed by atoms with E-state index in [2.05, 4.69) is 16.6 Å². The predicted octanol–water partition coefficient (Wildman–Crippen LogP) is 1.28. The Labute approximate surface area is 147 Å². The van der Waals surface area contributed by atoms with Gasteiger partial charge < -0.3 is 19.5 Å². The van der Waals surface area contributed by atoms with E-state index in [1.54, 1.807) is 0 Å². The van der Waals surface area contributed by atoms with Crippen molar-refractivity contribution in [3.05, 3.63) is 12.7 Å². The smallest absolute Gasteiger partial charge is 0.330 e. The molecule has 0 saturated carbocycles. The molecule has 0 aliphatic rings. The molecule has 0 radical (unpaired) electrons. The number of rotatable bonds is 14. The number of carbonyl (C=O) groups excluding carboxylic acids is 4. The highest BCUT2D eigenvalue weighted by molar-refractivity contribution is 5.94. The fourth-order valence-corrected chi connectivity index (χ4v) is 1.67. The number of nitrogens with one attached hydrogen (secondary N) is 1. The lowest BCUT2D eigenvalue weighted by atomic mass is 10.2. The molecule has 0 rings (SSSR count). The maximum Gasteiger partial charge on any atom is 0.330 e. The summed E-state index contributed by atoms with van der Waals surface area (Å²) in [4.78, 5) is 44.8. The summed E-state index contributed by atoms with van der Waals surface area (Å²) in [5.74, 6) is -1.83. The van der Waals surface area contributed by atoms with Gasteiger partial charge in [0.15, 0.2) is 0 Å². The van der Waals surface area contributed by atoms with E-state index in [-0.39, 0.29) is 44.5 Å². The molecule has 0 heterocycles. The Hall–Kier alpha value is -2.38. The lowest BCUT2D eigenvalue weighted by Gasteiger charge is -2.06. The molecule has 8 nitrogen and oxygen atoms in total. The second kappa shape index (κ2) is 15.2. The van der Waals surface area contributed by atoms with E-state index in [0.717, 1.165) is 12.5 Å². The van der Waals surface area contributed by atoms with Crippen molar-refractivity contribution < 1.29 is 33.4 Å². The molecule has 0 atom stereocenters. The third-order valence-electron chi connectivity index (χ3n) is 2.92. The van der Waals surface area contributed by atoms with Crippen LogP contribution in [0.15, 0.2) is 12.7 Å². The van der Waals surface area contributed by atoms with E-state index >= 15 is 0 Å². The molecule has 0 aliphatic carbocycles. The summed E-state index contributed by atoms with van der Waals surface area (Å²) in [6, 6.07) is 0. The molecule has 0 bridgehead atoms. The first-order valence-corrected chi connectivity index (χ1v) is 8.36. The number of ether oxygens (including phenoxy) is 3. The summed E-state index contributed by atoms with van der Waals surface area (Å²) in [7, 11) is 0. The molecular formula is C17H27NO7. The van der Waals surface area contributed by atoms with E-state index in [1.165, 1.54) is 0 Å². The van der Waals surface area contributed by atoms with Crippen LogP contribution < -0.4 is 5.32 Å². The monoisotopic (exact) mass is 357 g/mol. The fraction of sp³-hybridized carbons (Fsp3) is 0.647. The zero-order valence-electron chi connectivity index (χ0n) is 14.7. The van der Waals surface area contributed by atoms with Crippen molar-refractivity contribution in [3.63, 3.8) is 0 Å². The second-order valence-electron chi connectivity index (χ2n) is 5.15. The number of unbranched alkanes of at least 4 members (excludes halogenated alkanes) is 2. The molecule has 0 aliphatic heterocycles. The second-order valence-corrected chi connectivity index (χ2v) is 5.15. The van der Waals surface area contributed by atoms with Gasteiger partial charge in [0.2, 0.25) is 5.91 Å². The van der Waals surface area contributed by atoms with Crippen LogP contribution in [0, 0.1) is 0 Å². The molecule has 0 aromatic rings. The minimum atomic E-state index is -0.562. The van der Waals surface area contributed by atoms with Crippen LogP contribution in [0.25, 0.3) is 0 Å². The van der Waals surface area contributed by atoms with Crippen molar-refractivity contribution >= 4 is 23.8 Å². The fourth-order valence-electron chi connectivity index (χ4n) is 1.67. The Kier molecular flexibility index (Phi) is 13.7. The summed E-state index contributed by atoms with van der Waals surface area (Å²) >= 11 is 0. The van der Waals surface area contributed by atoms with Crippen molar-refractivity contribution in [1.29, 1.82) is 0 Å². The molecular weight excluding hydrogens is 330 g/mol. The molecule has 1 N–H and O–H groups in total. The van der Waals surface area contributed by atoms with Gasteiger partial charge in [0.25, 0.3) is 0 Å². The first-order chi connectivity index (χ1) is 12.0. The van der Waals surface area contributed by atoms with Crippen LogP contribution in [0.2, 0.25) is 0 Å². The minimum absolute atomic E-state index is 0.00161. The number of esters is 3. The predicted molar refractivity (Wildman–Crippen MR) is 89.5 cm³/mol. The lowest BCUT2D eigenvalue weighted by Crippen LogP contribution is -2.27. The van der Waals surface area contributed by atoms with Gasteiger partial charge in [-0.1, -0.05) is 13.5 Å². The van der Waals surface area contributed by atoms with E-state index in [4.69, 9.17) is 9.47 Å². The first kappa shape index (κ1) is 22.6. The molecule has 0 aromatic carbocycles. The van der Waals surface area contributed by atoms with Gasteiger partial charge >= 0.3 is 17.9 Å². The van der Waals surface area contributed by atoms with Crippen molar-refractivity contribution in [2.24, 2.45) is 0 Å². The van der Waals surface area contributed by atoms with Crippen LogP contribution in [0.1, 0.15) is 45.4 Å². The summed E-state index contributed by atoms with van der Waals surface area (Å²) in [5.41, 5.74) is 0. The quantitative estimate of drug-likeness (QED) is 0.164. The van der Waals surface area contributed by atoms with Crippen molar-refractivity contribution in [2.75, 3.05) is 26.4 Å². The largest absolute Gasteiger partial charge is 0.465 e. The zero-order valence-corrected chi connectivity index (χ0v) is 14.7. The van der Waals surface area contributed by atoms with Crippen LogP contribution in [0.3, 0.4) is 0 Å². The molecule has 142 valence electrons. The Morgan fingerprint density at radius 2 is 1.60 bits per heavy atom. The summed E-state index contributed by atoms with van der Waals surface area (Å²) in [6.45, 7) is 5.93. The van der Waals surface area contributed by atoms with Crippen molar-refractivity contribution in [3.8, 4) is 0 Å². The molecule has 0 fully saturated rings. The topological polar surface area (TPSA) is 108 Å². The highest BCUT2D eigenvalue weighted by Gasteiger charge is 2.09. The third kappa shape index (κ3) is 14.9. The Morgan fingerprint density at radius 1 is 0.920 bits per heavy atom. The Morgan fingerprint density at radius 3 is 2.28 bits per heavy atom. The van der Waals surface area contributed by atoms with Gasteiger partial charge in [-0.15, -0.1) is 0 Å². The van der Waals surface area contributed by atoms with Crippen molar-refractivity contribution in [1.82, 2.24) is 5.32 Å². The molecule has 0 aromatic heterocycles. The Balaban J connectivity index is 3.49. The maximum absolute atomic E-state index is 11.4. The average Bonchev–Trinajstić information content (AvgIpc) is 2.59. The van der Waals surface area contributed by atoms with Gasteiger partial charge in [0, 0.05) is 19.0 Å². The van der Waals surface area contributed by atoms with Crippen LogP contribution in [0.4, 0.5) is 0 Å². The van der Waals surface area contributed by atoms with Gasteiger partial charge in [0.1, 0.15) is 19.6 Å². The zero-order chi connectivity index (χ0) is 18.9. The summed E-state index contributed by atoms with van der Waals surface area (Å²) < 4.78 is 14.5. The summed E-state index contributed by atoms with van der Waals surface area (Å²) in [5, 5.41) is 2.59. The highest BCUT2D eigenvalue weighted by Crippen LogP contribution is 2.02. The van der Waals surface area contributed by atoms with Gasteiger partial charge in [-0.05, 0) is 25.7 Å². The van der Waals surface area contributed by atoms with E-state index < -0.39 is 11.9 Å². The number of hydrogen-bond donors (Lipinski definition) is 1. The SMILES string of the molecule is C=CC(=O)OCCOC(=O)CCCCCOC(=O)CC(=O)NCCC. The third-order valence-corrected chi connectivity index (χ3v) is 2.92. The lowest BCUT2D eigenvalue weighted by molar-refractivity contribution is -0.149. The van der Waals surface area contributed by atoms with Gasteiger partial charge in [-0.2, -0.15) is 0 Å². The molecule has 1 amide bonds. The molecule has 0 saturated heterocycles. The van der Waals surface area contributed by atoms with Gasteiger partial charge in [0.05, 0.1) is 6.61 Å².